The first-order valence-electron chi connectivity index (χ1n) is 9.68. The third-order valence-corrected chi connectivity index (χ3v) is 6.76. The molecule has 4 aliphatic rings. The molecule has 3 saturated heterocycles. The minimum absolute atomic E-state index is 0. The Morgan fingerprint density at radius 3 is 2.42 bits per heavy atom. The average Bonchev–Trinajstić information content (AvgIpc) is 2.62. The van der Waals surface area contributed by atoms with Gasteiger partial charge in [-0.05, 0) is 61.0 Å². The summed E-state index contributed by atoms with van der Waals surface area (Å²) in [6, 6.07) is 14.8. The van der Waals surface area contributed by atoms with Gasteiger partial charge in [-0.15, -0.1) is 12.4 Å². The van der Waals surface area contributed by atoms with Gasteiger partial charge in [-0.2, -0.15) is 0 Å². The van der Waals surface area contributed by atoms with Gasteiger partial charge in [-0.25, -0.2) is 0 Å². The minimum Gasteiger partial charge on any atom is -0.460 e. The van der Waals surface area contributed by atoms with Crippen molar-refractivity contribution < 1.29 is 9.53 Å². The van der Waals surface area contributed by atoms with Crippen molar-refractivity contribution in [1.82, 2.24) is 4.90 Å². The normalized spacial score (nSPS) is 28.8. The number of carbonyl (C=O) groups is 1. The van der Waals surface area contributed by atoms with E-state index in [1.54, 1.807) is 0 Å². The summed E-state index contributed by atoms with van der Waals surface area (Å²) in [5.41, 5.74) is 0.746. The van der Waals surface area contributed by atoms with E-state index in [0.717, 1.165) is 25.8 Å². The number of benzene rings is 2. The molecule has 2 aromatic carbocycles. The monoisotopic (exact) mass is 371 g/mol. The van der Waals surface area contributed by atoms with Gasteiger partial charge < -0.3 is 4.74 Å². The van der Waals surface area contributed by atoms with Crippen molar-refractivity contribution in [1.29, 1.82) is 0 Å². The summed E-state index contributed by atoms with van der Waals surface area (Å²) in [4.78, 5) is 15.7. The first-order chi connectivity index (χ1) is 12.3. The Balaban J connectivity index is 0.00000168. The van der Waals surface area contributed by atoms with E-state index in [0.29, 0.717) is 5.92 Å². The fourth-order valence-electron chi connectivity index (χ4n) is 5.05. The molecule has 4 heteroatoms. The second kappa shape index (κ2) is 6.86. The van der Waals surface area contributed by atoms with E-state index >= 15 is 0 Å². The Morgan fingerprint density at radius 1 is 1.04 bits per heavy atom. The van der Waals surface area contributed by atoms with Crippen molar-refractivity contribution >= 4 is 29.1 Å². The summed E-state index contributed by atoms with van der Waals surface area (Å²) in [5, 5.41) is 2.41. The SMILES string of the molecule is Cl.O=C(OC1CN2CCC1CC2)C1(c2cccc3ccccc23)CCC1. The topological polar surface area (TPSA) is 29.5 Å². The van der Waals surface area contributed by atoms with Crippen molar-refractivity contribution in [3.05, 3.63) is 48.0 Å². The number of carbonyl (C=O) groups excluding carboxylic acids is 1. The van der Waals surface area contributed by atoms with Crippen molar-refractivity contribution in [2.45, 2.75) is 43.6 Å². The van der Waals surface area contributed by atoms with E-state index in [-0.39, 0.29) is 24.5 Å². The molecule has 1 unspecified atom stereocenters. The van der Waals surface area contributed by atoms with Gasteiger partial charge in [0.05, 0.1) is 5.41 Å². The van der Waals surface area contributed by atoms with Gasteiger partial charge in [-0.3, -0.25) is 9.69 Å². The maximum atomic E-state index is 13.3. The van der Waals surface area contributed by atoms with E-state index in [9.17, 15) is 4.79 Å². The van der Waals surface area contributed by atoms with Crippen LogP contribution in [-0.4, -0.2) is 36.6 Å². The van der Waals surface area contributed by atoms with Crippen LogP contribution in [0.1, 0.15) is 37.7 Å². The summed E-state index contributed by atoms with van der Waals surface area (Å²) >= 11 is 0. The van der Waals surface area contributed by atoms with Crippen LogP contribution in [0.4, 0.5) is 0 Å². The lowest BCUT2D eigenvalue weighted by atomic mass is 9.63. The number of fused-ring (bicyclic) bond motifs is 4. The molecule has 1 saturated carbocycles. The molecule has 138 valence electrons. The number of hydrogen-bond donors (Lipinski definition) is 0. The lowest BCUT2D eigenvalue weighted by Gasteiger charge is -2.47. The third kappa shape index (κ3) is 2.73. The van der Waals surface area contributed by atoms with Crippen molar-refractivity contribution in [3.63, 3.8) is 0 Å². The van der Waals surface area contributed by atoms with Crippen LogP contribution in [0.2, 0.25) is 0 Å². The average molecular weight is 372 g/mol. The highest BCUT2D eigenvalue weighted by molar-refractivity contribution is 5.94. The van der Waals surface area contributed by atoms with Crippen molar-refractivity contribution in [2.75, 3.05) is 19.6 Å². The minimum atomic E-state index is -0.424. The molecule has 0 spiro atoms. The van der Waals surface area contributed by atoms with Gasteiger partial charge >= 0.3 is 5.97 Å². The van der Waals surface area contributed by atoms with E-state index in [1.807, 2.05) is 0 Å². The predicted molar refractivity (Wildman–Crippen MR) is 106 cm³/mol. The number of rotatable bonds is 3. The molecular weight excluding hydrogens is 346 g/mol. The molecule has 1 atom stereocenters. The highest BCUT2D eigenvalue weighted by Crippen LogP contribution is 2.47. The molecule has 0 N–H and O–H groups in total. The summed E-state index contributed by atoms with van der Waals surface area (Å²) in [6.07, 6.45) is 5.40. The number of piperidine rings is 3. The van der Waals surface area contributed by atoms with Crippen molar-refractivity contribution in [2.24, 2.45) is 5.92 Å². The summed E-state index contributed by atoms with van der Waals surface area (Å²) in [6.45, 7) is 3.28. The van der Waals surface area contributed by atoms with Gasteiger partial charge in [-0.1, -0.05) is 48.9 Å². The second-order valence-corrected chi connectivity index (χ2v) is 8.04. The molecule has 0 aromatic heterocycles. The Bertz CT molecular complexity index is 803. The van der Waals surface area contributed by atoms with Crippen LogP contribution in [0.15, 0.2) is 42.5 Å². The third-order valence-electron chi connectivity index (χ3n) is 6.76. The summed E-state index contributed by atoms with van der Waals surface area (Å²) < 4.78 is 6.16. The van der Waals surface area contributed by atoms with E-state index in [4.69, 9.17) is 4.74 Å². The number of ether oxygens (including phenoxy) is 1. The van der Waals surface area contributed by atoms with Crippen LogP contribution in [0.5, 0.6) is 0 Å². The quantitative estimate of drug-likeness (QED) is 0.752. The Labute approximate surface area is 161 Å². The van der Waals surface area contributed by atoms with Crippen LogP contribution >= 0.6 is 12.4 Å². The number of esters is 1. The molecule has 6 rings (SSSR count). The van der Waals surface area contributed by atoms with Crippen molar-refractivity contribution in [3.8, 4) is 0 Å². The van der Waals surface area contributed by atoms with Gasteiger partial charge in [0, 0.05) is 6.54 Å². The van der Waals surface area contributed by atoms with Gasteiger partial charge in [0.1, 0.15) is 6.10 Å². The van der Waals surface area contributed by atoms with Crippen LogP contribution < -0.4 is 0 Å². The van der Waals surface area contributed by atoms with Crippen LogP contribution in [0.25, 0.3) is 10.8 Å². The Hall–Kier alpha value is -1.58. The van der Waals surface area contributed by atoms with E-state index in [2.05, 4.69) is 47.4 Å². The molecule has 3 aliphatic heterocycles. The molecule has 3 heterocycles. The standard InChI is InChI=1S/C22H25NO2.ClH/c24-21(25-20-15-23-13-9-17(20)10-14-23)22(11-4-12-22)19-8-3-6-16-5-1-2-7-18(16)19;/h1-3,5-8,17,20H,4,9-15H2;1H. The fraction of sp³-hybridized carbons (Fsp3) is 0.500. The molecule has 0 radical (unpaired) electrons. The zero-order valence-corrected chi connectivity index (χ0v) is 15.8. The highest BCUT2D eigenvalue weighted by Gasteiger charge is 2.49. The molecule has 3 nitrogen and oxygen atoms in total. The Morgan fingerprint density at radius 2 is 1.77 bits per heavy atom. The maximum absolute atomic E-state index is 13.3. The largest absolute Gasteiger partial charge is 0.460 e. The van der Waals surface area contributed by atoms with Gasteiger partial charge in [0.25, 0.3) is 0 Å². The molecule has 26 heavy (non-hydrogen) atoms. The van der Waals surface area contributed by atoms with E-state index < -0.39 is 5.41 Å². The molecule has 2 bridgehead atoms. The molecular formula is C22H26ClNO2. The summed E-state index contributed by atoms with van der Waals surface area (Å²) in [7, 11) is 0. The number of hydrogen-bond acceptors (Lipinski definition) is 3. The maximum Gasteiger partial charge on any atom is 0.316 e. The lowest BCUT2D eigenvalue weighted by molar-refractivity contribution is -0.169. The van der Waals surface area contributed by atoms with Crippen LogP contribution in [-0.2, 0) is 14.9 Å². The fourth-order valence-corrected chi connectivity index (χ4v) is 5.05. The Kier molecular flexibility index (Phi) is 4.70. The van der Waals surface area contributed by atoms with Gasteiger partial charge in [0.2, 0.25) is 0 Å². The first-order valence-corrected chi connectivity index (χ1v) is 9.68. The lowest BCUT2D eigenvalue weighted by Crippen LogP contribution is -2.54. The molecule has 4 fully saturated rings. The first kappa shape index (κ1) is 17.8. The van der Waals surface area contributed by atoms with Gasteiger partial charge in [0.15, 0.2) is 0 Å². The van der Waals surface area contributed by atoms with Crippen LogP contribution in [0.3, 0.4) is 0 Å². The summed E-state index contributed by atoms with van der Waals surface area (Å²) in [5.74, 6) is 0.590. The van der Waals surface area contributed by atoms with Crippen LogP contribution in [0, 0.1) is 5.92 Å². The van der Waals surface area contributed by atoms with E-state index in [1.165, 1.54) is 42.3 Å². The highest BCUT2D eigenvalue weighted by atomic mass is 35.5. The molecule has 0 amide bonds. The zero-order valence-electron chi connectivity index (χ0n) is 15.0. The predicted octanol–water partition coefficient (Wildman–Crippen LogP) is 4.32. The molecule has 1 aliphatic carbocycles. The smallest absolute Gasteiger partial charge is 0.316 e. The number of nitrogens with zero attached hydrogens (tertiary/aromatic N) is 1. The number of halogens is 1. The second-order valence-electron chi connectivity index (χ2n) is 8.04. The molecule has 2 aromatic rings. The zero-order chi connectivity index (χ0) is 16.9.